The molecule has 2 N–H and O–H groups in total. The van der Waals surface area contributed by atoms with Crippen molar-refractivity contribution in [2.75, 3.05) is 0 Å². The van der Waals surface area contributed by atoms with E-state index in [2.05, 4.69) is 5.16 Å². The van der Waals surface area contributed by atoms with Gasteiger partial charge in [0.25, 0.3) is 0 Å². The molecule has 0 saturated heterocycles. The summed E-state index contributed by atoms with van der Waals surface area (Å²) in [5.41, 5.74) is 2.81. The highest BCUT2D eigenvalue weighted by molar-refractivity contribution is 6.01. The second-order valence-electron chi connectivity index (χ2n) is 5.00. The minimum absolute atomic E-state index is 0.0369. The molecule has 0 saturated carbocycles. The van der Waals surface area contributed by atoms with Gasteiger partial charge >= 0.3 is 5.97 Å². The predicted octanol–water partition coefficient (Wildman–Crippen LogP) is 3.84. The van der Waals surface area contributed by atoms with E-state index >= 15 is 0 Å². The lowest BCUT2D eigenvalue weighted by molar-refractivity contribution is -0.136. The van der Waals surface area contributed by atoms with Crippen molar-refractivity contribution in [3.8, 4) is 11.1 Å². The van der Waals surface area contributed by atoms with Crippen molar-refractivity contribution in [3.05, 3.63) is 59.4 Å². The molecule has 0 aromatic heterocycles. The second kappa shape index (κ2) is 6.85. The molecule has 0 atom stereocenters. The van der Waals surface area contributed by atoms with Gasteiger partial charge in [0, 0.05) is 17.5 Å². The summed E-state index contributed by atoms with van der Waals surface area (Å²) < 4.78 is 14.3. The number of carbonyl (C=O) groups is 1. The quantitative estimate of drug-likeness (QED) is 0.501. The van der Waals surface area contributed by atoms with Crippen LogP contribution in [0.1, 0.15) is 24.0 Å². The van der Waals surface area contributed by atoms with Crippen molar-refractivity contribution in [2.24, 2.45) is 5.16 Å². The van der Waals surface area contributed by atoms with E-state index in [9.17, 15) is 9.18 Å². The number of aryl methyl sites for hydroxylation is 1. The number of aliphatic carboxylic acids is 1. The molecule has 0 heterocycles. The van der Waals surface area contributed by atoms with Crippen LogP contribution in [-0.2, 0) is 4.79 Å². The lowest BCUT2D eigenvalue weighted by Crippen LogP contribution is -2.06. The highest BCUT2D eigenvalue weighted by Gasteiger charge is 2.11. The zero-order valence-corrected chi connectivity index (χ0v) is 12.1. The lowest BCUT2D eigenvalue weighted by Gasteiger charge is -2.08. The van der Waals surface area contributed by atoms with Crippen molar-refractivity contribution in [1.82, 2.24) is 0 Å². The van der Waals surface area contributed by atoms with Crippen molar-refractivity contribution in [2.45, 2.75) is 19.8 Å². The van der Waals surface area contributed by atoms with E-state index in [1.54, 1.807) is 12.1 Å². The minimum atomic E-state index is -1.00. The van der Waals surface area contributed by atoms with E-state index in [4.69, 9.17) is 10.3 Å². The molecule has 0 aliphatic rings. The van der Waals surface area contributed by atoms with Crippen molar-refractivity contribution >= 4 is 11.7 Å². The average molecular weight is 301 g/mol. The molecule has 22 heavy (non-hydrogen) atoms. The molecule has 0 unspecified atom stereocenters. The number of hydrogen-bond donors (Lipinski definition) is 2. The maximum absolute atomic E-state index is 14.3. The lowest BCUT2D eigenvalue weighted by atomic mass is 9.99. The first-order valence-corrected chi connectivity index (χ1v) is 6.81. The smallest absolute Gasteiger partial charge is 0.303 e. The van der Waals surface area contributed by atoms with Gasteiger partial charge in [-0.25, -0.2) is 4.39 Å². The van der Waals surface area contributed by atoms with Crippen LogP contribution in [0.4, 0.5) is 4.39 Å². The summed E-state index contributed by atoms with van der Waals surface area (Å²) in [6.45, 7) is 1.95. The Morgan fingerprint density at radius 2 is 1.82 bits per heavy atom. The number of hydrogen-bond acceptors (Lipinski definition) is 3. The number of carboxylic acid groups (broad SMARTS) is 1. The van der Waals surface area contributed by atoms with Crippen LogP contribution in [0.25, 0.3) is 11.1 Å². The van der Waals surface area contributed by atoms with Gasteiger partial charge in [-0.2, -0.15) is 0 Å². The van der Waals surface area contributed by atoms with Crippen molar-refractivity contribution < 1.29 is 19.5 Å². The summed E-state index contributed by atoms with van der Waals surface area (Å²) in [5, 5.41) is 20.7. The van der Waals surface area contributed by atoms with Crippen LogP contribution >= 0.6 is 0 Å². The maximum Gasteiger partial charge on any atom is 0.303 e. The number of halogens is 1. The topological polar surface area (TPSA) is 69.9 Å². The number of nitrogens with zero attached hydrogens (tertiary/aromatic N) is 1. The Labute approximate surface area is 127 Å². The third-order valence-electron chi connectivity index (χ3n) is 3.36. The van der Waals surface area contributed by atoms with Gasteiger partial charge in [0.1, 0.15) is 5.82 Å². The monoisotopic (exact) mass is 301 g/mol. The van der Waals surface area contributed by atoms with Crippen LogP contribution in [0.15, 0.2) is 47.6 Å². The van der Waals surface area contributed by atoms with Crippen LogP contribution in [0, 0.1) is 12.7 Å². The Hall–Kier alpha value is -2.69. The molecule has 5 heteroatoms. The van der Waals surface area contributed by atoms with Gasteiger partial charge in [0.05, 0.1) is 12.1 Å². The Morgan fingerprint density at radius 1 is 1.14 bits per heavy atom. The zero-order valence-electron chi connectivity index (χ0n) is 12.1. The van der Waals surface area contributed by atoms with Crippen LogP contribution in [0.2, 0.25) is 0 Å². The fraction of sp³-hybridized carbons (Fsp3) is 0.176. The van der Waals surface area contributed by atoms with Crippen LogP contribution in [0.3, 0.4) is 0 Å². The van der Waals surface area contributed by atoms with Crippen LogP contribution in [0.5, 0.6) is 0 Å². The highest BCUT2D eigenvalue weighted by Crippen LogP contribution is 2.24. The number of rotatable bonds is 5. The SMILES string of the molecule is Cc1ccc(-c2ccc(C(CCC(=O)O)=NO)cc2F)cc1. The molecule has 0 aliphatic heterocycles. The fourth-order valence-corrected chi connectivity index (χ4v) is 2.14. The summed E-state index contributed by atoms with van der Waals surface area (Å²) >= 11 is 0. The average Bonchev–Trinajstić information content (AvgIpc) is 2.49. The summed E-state index contributed by atoms with van der Waals surface area (Å²) in [5.74, 6) is -1.45. The summed E-state index contributed by atoms with van der Waals surface area (Å²) in [6, 6.07) is 11.9. The molecule has 0 radical (unpaired) electrons. The minimum Gasteiger partial charge on any atom is -0.481 e. The van der Waals surface area contributed by atoms with E-state index in [-0.39, 0.29) is 18.6 Å². The third kappa shape index (κ3) is 3.69. The van der Waals surface area contributed by atoms with E-state index in [1.807, 2.05) is 31.2 Å². The molecule has 0 fully saturated rings. The Morgan fingerprint density at radius 3 is 2.36 bits per heavy atom. The Balaban J connectivity index is 2.29. The molecule has 2 rings (SSSR count). The molecule has 114 valence electrons. The fourth-order valence-electron chi connectivity index (χ4n) is 2.14. The van der Waals surface area contributed by atoms with Gasteiger partial charge in [-0.3, -0.25) is 4.79 Å². The molecule has 0 aliphatic carbocycles. The Kier molecular flexibility index (Phi) is 4.88. The molecular weight excluding hydrogens is 285 g/mol. The van der Waals surface area contributed by atoms with Crippen molar-refractivity contribution in [3.63, 3.8) is 0 Å². The first-order chi connectivity index (χ1) is 10.5. The summed E-state index contributed by atoms with van der Waals surface area (Å²) in [4.78, 5) is 10.6. The van der Waals surface area contributed by atoms with Crippen LogP contribution in [-0.4, -0.2) is 22.0 Å². The molecule has 2 aromatic carbocycles. The summed E-state index contributed by atoms with van der Waals surface area (Å²) in [7, 11) is 0. The van der Waals surface area contributed by atoms with Gasteiger partial charge < -0.3 is 10.3 Å². The largest absolute Gasteiger partial charge is 0.481 e. The van der Waals surface area contributed by atoms with Crippen LogP contribution < -0.4 is 0 Å². The molecule has 0 spiro atoms. The van der Waals surface area contributed by atoms with Gasteiger partial charge in [0.15, 0.2) is 0 Å². The van der Waals surface area contributed by atoms with Gasteiger partial charge in [-0.05, 0) is 18.6 Å². The number of carboxylic acids is 1. The molecule has 4 nitrogen and oxygen atoms in total. The highest BCUT2D eigenvalue weighted by atomic mass is 19.1. The molecular formula is C17H16FNO3. The normalized spacial score (nSPS) is 11.5. The first-order valence-electron chi connectivity index (χ1n) is 6.81. The van der Waals surface area contributed by atoms with E-state index in [0.717, 1.165) is 11.1 Å². The van der Waals surface area contributed by atoms with E-state index in [0.29, 0.717) is 11.1 Å². The zero-order chi connectivity index (χ0) is 16.1. The standard InChI is InChI=1S/C17H16FNO3/c1-11-2-4-12(5-3-11)14-7-6-13(10-15(14)18)16(19-22)8-9-17(20)21/h2-7,10,22H,8-9H2,1H3,(H,20,21). The molecule has 0 amide bonds. The van der Waals surface area contributed by atoms with Gasteiger partial charge in [0.2, 0.25) is 0 Å². The third-order valence-corrected chi connectivity index (χ3v) is 3.36. The van der Waals surface area contributed by atoms with Gasteiger partial charge in [-0.1, -0.05) is 47.1 Å². The Bertz CT molecular complexity index is 708. The number of benzene rings is 2. The number of oxime groups is 1. The second-order valence-corrected chi connectivity index (χ2v) is 5.00. The van der Waals surface area contributed by atoms with E-state index < -0.39 is 11.8 Å². The van der Waals surface area contributed by atoms with Crippen molar-refractivity contribution in [1.29, 1.82) is 0 Å². The predicted molar refractivity (Wildman–Crippen MR) is 81.8 cm³/mol. The first kappa shape index (κ1) is 15.7. The maximum atomic E-state index is 14.3. The van der Waals surface area contributed by atoms with E-state index in [1.165, 1.54) is 6.07 Å². The van der Waals surface area contributed by atoms with Gasteiger partial charge in [-0.15, -0.1) is 0 Å². The molecule has 2 aromatic rings. The molecule has 0 bridgehead atoms. The summed E-state index contributed by atoms with van der Waals surface area (Å²) in [6.07, 6.45) is -0.143.